The molecule has 1 amide bonds. The molecule has 2 N–H and O–H groups in total. The lowest BCUT2D eigenvalue weighted by molar-refractivity contribution is 0.0306. The molecule has 0 spiro atoms. The molecule has 5 rings (SSSR count). The Morgan fingerprint density at radius 2 is 1.67 bits per heavy atom. The summed E-state index contributed by atoms with van der Waals surface area (Å²) in [5.74, 6) is -0.157. The van der Waals surface area contributed by atoms with E-state index in [0.717, 1.165) is 62.3 Å². The first kappa shape index (κ1) is 32.4. The zero-order chi connectivity index (χ0) is 31.9. The van der Waals surface area contributed by atoms with E-state index in [2.05, 4.69) is 47.7 Å². The first-order valence-corrected chi connectivity index (χ1v) is 16.0. The maximum atomic E-state index is 14.4. The van der Waals surface area contributed by atoms with Gasteiger partial charge in [-0.1, -0.05) is 42.5 Å². The number of aromatic hydroxyl groups is 1. The van der Waals surface area contributed by atoms with Crippen molar-refractivity contribution in [2.24, 2.45) is 0 Å². The Morgan fingerprint density at radius 1 is 0.978 bits per heavy atom. The molecule has 2 aliphatic rings. The van der Waals surface area contributed by atoms with Gasteiger partial charge in [0.15, 0.2) is 0 Å². The monoisotopic (exact) mass is 610 g/mol. The molecule has 0 bridgehead atoms. The van der Waals surface area contributed by atoms with E-state index in [0.29, 0.717) is 23.7 Å². The summed E-state index contributed by atoms with van der Waals surface area (Å²) in [4.78, 5) is 33.3. The van der Waals surface area contributed by atoms with Crippen LogP contribution in [0, 0.1) is 0 Å². The van der Waals surface area contributed by atoms with Crippen molar-refractivity contribution in [1.29, 1.82) is 0 Å². The van der Waals surface area contributed by atoms with Crippen LogP contribution in [0.3, 0.4) is 0 Å². The van der Waals surface area contributed by atoms with E-state index in [1.165, 1.54) is 7.11 Å². The quantitative estimate of drug-likeness (QED) is 0.240. The number of nitrogens with one attached hydrogen (secondary N) is 1. The Hall–Kier alpha value is -3.98. The highest BCUT2D eigenvalue weighted by atomic mass is 16.5. The molecule has 2 saturated heterocycles. The summed E-state index contributed by atoms with van der Waals surface area (Å²) >= 11 is 0. The Morgan fingerprint density at radius 3 is 2.33 bits per heavy atom. The fraction of sp³-hybridized carbons (Fsp3) is 0.405. The molecule has 0 aliphatic carbocycles. The van der Waals surface area contributed by atoms with Crippen molar-refractivity contribution in [2.45, 2.75) is 57.4 Å². The summed E-state index contributed by atoms with van der Waals surface area (Å²) in [5.41, 5.74) is 4.12. The lowest BCUT2D eigenvalue weighted by Gasteiger charge is -2.47. The Balaban J connectivity index is 1.48. The van der Waals surface area contributed by atoms with Crippen LogP contribution in [0.5, 0.6) is 5.75 Å². The number of hydrogen-bond acceptors (Lipinski definition) is 7. The number of phenols is 1. The minimum absolute atomic E-state index is 0.00679. The molecular formula is C37H46N4O4. The van der Waals surface area contributed by atoms with Crippen molar-refractivity contribution in [1.82, 2.24) is 20.0 Å². The largest absolute Gasteiger partial charge is 0.508 e. The first-order chi connectivity index (χ1) is 21.8. The first-order valence-electron chi connectivity index (χ1n) is 16.0. The van der Waals surface area contributed by atoms with Crippen LogP contribution in [0.25, 0.3) is 0 Å². The predicted molar refractivity (Wildman–Crippen MR) is 177 cm³/mol. The molecule has 8 heteroatoms. The van der Waals surface area contributed by atoms with E-state index in [4.69, 9.17) is 4.74 Å². The third kappa shape index (κ3) is 7.64. The van der Waals surface area contributed by atoms with Crippen LogP contribution >= 0.6 is 0 Å². The van der Waals surface area contributed by atoms with Gasteiger partial charge < -0.3 is 20.1 Å². The standard InChI is InChI=1S/C37H46N4O4/c1-5-20-39-23-27(3)40(24-26(39)2)35(31-9-7-11-34(42)22-31)30-8-6-10-32(21-30)36(43)41(33-16-18-38-19-17-33)25-28-12-14-29(15-13-28)37(44)45-4/h5-15,21-22,26-27,33,35,38,42H,1,16-20,23-25H2,2-4H3/t26-,27+,35-/m1/s1. The van der Waals surface area contributed by atoms with Gasteiger partial charge in [0.25, 0.3) is 5.91 Å². The number of piperidine rings is 1. The number of rotatable bonds is 10. The third-order valence-corrected chi connectivity index (χ3v) is 9.23. The second kappa shape index (κ2) is 14.9. The van der Waals surface area contributed by atoms with Crippen molar-refractivity contribution in [3.8, 4) is 5.75 Å². The summed E-state index contributed by atoms with van der Waals surface area (Å²) in [7, 11) is 1.37. The van der Waals surface area contributed by atoms with Gasteiger partial charge in [0.05, 0.1) is 18.7 Å². The number of esters is 1. The number of hydrogen-bond donors (Lipinski definition) is 2. The van der Waals surface area contributed by atoms with E-state index in [1.807, 2.05) is 53.4 Å². The summed E-state index contributed by atoms with van der Waals surface area (Å²) < 4.78 is 4.86. The van der Waals surface area contributed by atoms with Gasteiger partial charge in [-0.2, -0.15) is 0 Å². The van der Waals surface area contributed by atoms with Crippen molar-refractivity contribution >= 4 is 11.9 Å². The molecule has 45 heavy (non-hydrogen) atoms. The number of benzene rings is 3. The molecule has 2 fully saturated rings. The zero-order valence-electron chi connectivity index (χ0n) is 26.7. The summed E-state index contributed by atoms with van der Waals surface area (Å²) in [6, 6.07) is 23.4. The smallest absolute Gasteiger partial charge is 0.337 e. The molecule has 0 saturated carbocycles. The zero-order valence-corrected chi connectivity index (χ0v) is 26.7. The number of carbonyl (C=O) groups is 2. The molecule has 2 aliphatic heterocycles. The highest BCUT2D eigenvalue weighted by molar-refractivity contribution is 5.94. The Bertz CT molecular complexity index is 1470. The van der Waals surface area contributed by atoms with Crippen molar-refractivity contribution in [3.05, 3.63) is 113 Å². The fourth-order valence-corrected chi connectivity index (χ4v) is 6.83. The molecule has 3 aromatic carbocycles. The van der Waals surface area contributed by atoms with E-state index in [9.17, 15) is 14.7 Å². The molecule has 3 aromatic rings. The van der Waals surface area contributed by atoms with Crippen LogP contribution in [-0.2, 0) is 11.3 Å². The minimum atomic E-state index is -0.378. The maximum absolute atomic E-state index is 14.4. The second-order valence-corrected chi connectivity index (χ2v) is 12.4. The topological polar surface area (TPSA) is 85.4 Å². The van der Waals surface area contributed by atoms with Crippen LogP contribution < -0.4 is 5.32 Å². The van der Waals surface area contributed by atoms with Gasteiger partial charge in [-0.15, -0.1) is 6.58 Å². The third-order valence-electron chi connectivity index (χ3n) is 9.23. The average Bonchev–Trinajstić information content (AvgIpc) is 3.06. The van der Waals surface area contributed by atoms with Crippen LogP contribution in [0.1, 0.15) is 70.1 Å². The molecule has 0 aromatic heterocycles. The van der Waals surface area contributed by atoms with Gasteiger partial charge in [-0.05, 0) is 92.9 Å². The van der Waals surface area contributed by atoms with E-state index in [-0.39, 0.29) is 35.8 Å². The van der Waals surface area contributed by atoms with E-state index in [1.54, 1.807) is 18.2 Å². The van der Waals surface area contributed by atoms with E-state index >= 15 is 0 Å². The van der Waals surface area contributed by atoms with Crippen molar-refractivity contribution in [2.75, 3.05) is 39.8 Å². The fourth-order valence-electron chi connectivity index (χ4n) is 6.83. The average molecular weight is 611 g/mol. The lowest BCUT2D eigenvalue weighted by atomic mass is 9.92. The number of nitrogens with zero attached hydrogens (tertiary/aromatic N) is 3. The van der Waals surface area contributed by atoms with Crippen LogP contribution in [0.4, 0.5) is 0 Å². The number of methoxy groups -OCH3 is 1. The highest BCUT2D eigenvalue weighted by Crippen LogP contribution is 2.35. The van der Waals surface area contributed by atoms with E-state index < -0.39 is 0 Å². The molecule has 8 nitrogen and oxygen atoms in total. The number of amides is 1. The molecule has 238 valence electrons. The number of phenolic OH excluding ortho intramolecular Hbond substituents is 1. The number of ether oxygens (including phenoxy) is 1. The van der Waals surface area contributed by atoms with Crippen molar-refractivity contribution < 1.29 is 19.4 Å². The number of carbonyl (C=O) groups excluding carboxylic acids is 2. The molecule has 0 radical (unpaired) electrons. The van der Waals surface area contributed by atoms with Crippen LogP contribution in [0.15, 0.2) is 85.5 Å². The van der Waals surface area contributed by atoms with Gasteiger partial charge in [0.1, 0.15) is 5.75 Å². The molecule has 3 atom stereocenters. The molecule has 0 unspecified atom stereocenters. The van der Waals surface area contributed by atoms with Gasteiger partial charge >= 0.3 is 5.97 Å². The van der Waals surface area contributed by atoms with Gasteiger partial charge in [0.2, 0.25) is 0 Å². The minimum Gasteiger partial charge on any atom is -0.508 e. The summed E-state index contributed by atoms with van der Waals surface area (Å²) in [6.45, 7) is 13.2. The Labute approximate surface area is 267 Å². The van der Waals surface area contributed by atoms with Crippen LogP contribution in [0.2, 0.25) is 0 Å². The lowest BCUT2D eigenvalue weighted by Crippen LogP contribution is -2.57. The van der Waals surface area contributed by atoms with Crippen molar-refractivity contribution in [3.63, 3.8) is 0 Å². The second-order valence-electron chi connectivity index (χ2n) is 12.4. The summed E-state index contributed by atoms with van der Waals surface area (Å²) in [5, 5.41) is 13.9. The maximum Gasteiger partial charge on any atom is 0.337 e. The highest BCUT2D eigenvalue weighted by Gasteiger charge is 2.35. The number of piperazine rings is 1. The normalized spacial score (nSPS) is 20.3. The SMILES string of the molecule is C=CCN1C[C@H](C)N([C@@H](c2cccc(O)c2)c2cccc(C(=O)N(Cc3ccc(C(=O)OC)cc3)C3CCNCC3)c2)C[C@H]1C. The molecular weight excluding hydrogens is 564 g/mol. The molecule has 2 heterocycles. The van der Waals surface area contributed by atoms with Gasteiger partial charge in [-0.3, -0.25) is 14.6 Å². The van der Waals surface area contributed by atoms with Gasteiger partial charge in [-0.25, -0.2) is 4.79 Å². The Kier molecular flexibility index (Phi) is 10.7. The summed E-state index contributed by atoms with van der Waals surface area (Å²) in [6.07, 6.45) is 3.71. The van der Waals surface area contributed by atoms with Crippen LogP contribution in [-0.4, -0.2) is 89.6 Å². The predicted octanol–water partition coefficient (Wildman–Crippen LogP) is 5.24. The van der Waals surface area contributed by atoms with Gasteiger partial charge in [0, 0.05) is 49.9 Å².